The number of hydrogen-bond donors (Lipinski definition) is 1. The maximum Gasteiger partial charge on any atom is 0.152 e. The van der Waals surface area contributed by atoms with E-state index in [0.29, 0.717) is 0 Å². The Hall–Kier alpha value is -0.870. The van der Waals surface area contributed by atoms with E-state index in [2.05, 4.69) is 5.32 Å². The fourth-order valence-electron chi connectivity index (χ4n) is 2.11. The number of sulfone groups is 1. The van der Waals surface area contributed by atoms with Crippen LogP contribution in [0.15, 0.2) is 24.3 Å². The Balaban J connectivity index is 2.82. The smallest absolute Gasteiger partial charge is 0.152 e. The molecule has 0 amide bonds. The van der Waals surface area contributed by atoms with Gasteiger partial charge in [0, 0.05) is 6.04 Å². The molecule has 1 rings (SSSR count). The summed E-state index contributed by atoms with van der Waals surface area (Å²) < 4.78 is 24.4. The van der Waals surface area contributed by atoms with Gasteiger partial charge in [-0.1, -0.05) is 50.1 Å². The number of nitrogens with one attached hydrogen (secondary N) is 1. The van der Waals surface area contributed by atoms with E-state index in [-0.39, 0.29) is 23.5 Å². The minimum absolute atomic E-state index is 0.131. The zero-order valence-electron chi connectivity index (χ0n) is 12.3. The summed E-state index contributed by atoms with van der Waals surface area (Å²) in [5, 5.41) is 3.11. The van der Waals surface area contributed by atoms with E-state index in [1.165, 1.54) is 0 Å². The summed E-state index contributed by atoms with van der Waals surface area (Å²) in [5.41, 5.74) is 2.19. The van der Waals surface area contributed by atoms with Crippen LogP contribution in [-0.2, 0) is 9.84 Å². The fraction of sp³-hybridized carbons (Fsp3) is 0.600. The Bertz CT molecular complexity index is 497. The third-order valence-corrected chi connectivity index (χ3v) is 5.37. The molecule has 2 atom stereocenters. The molecule has 0 saturated carbocycles. The van der Waals surface area contributed by atoms with Crippen LogP contribution in [0.2, 0.25) is 0 Å². The molecule has 108 valence electrons. The highest BCUT2D eigenvalue weighted by molar-refractivity contribution is 7.91. The predicted octanol–water partition coefficient (Wildman–Crippen LogP) is 2.72. The SMILES string of the molecule is CCC(C)CS(=O)(=O)CC(NC)c1cccc(C)c1. The van der Waals surface area contributed by atoms with Crippen molar-refractivity contribution in [2.45, 2.75) is 33.2 Å². The van der Waals surface area contributed by atoms with Crippen molar-refractivity contribution in [2.24, 2.45) is 5.92 Å². The van der Waals surface area contributed by atoms with Gasteiger partial charge in [0.15, 0.2) is 9.84 Å². The molecule has 4 heteroatoms. The van der Waals surface area contributed by atoms with Gasteiger partial charge in [-0.2, -0.15) is 0 Å². The lowest BCUT2D eigenvalue weighted by Gasteiger charge is -2.18. The third kappa shape index (κ3) is 5.33. The van der Waals surface area contributed by atoms with Crippen LogP contribution in [0.4, 0.5) is 0 Å². The summed E-state index contributed by atoms with van der Waals surface area (Å²) in [4.78, 5) is 0. The lowest BCUT2D eigenvalue weighted by Crippen LogP contribution is -2.28. The Morgan fingerprint density at radius 1 is 1.26 bits per heavy atom. The minimum Gasteiger partial charge on any atom is -0.312 e. The van der Waals surface area contributed by atoms with E-state index >= 15 is 0 Å². The summed E-state index contributed by atoms with van der Waals surface area (Å²) >= 11 is 0. The van der Waals surface area contributed by atoms with Gasteiger partial charge in [-0.15, -0.1) is 0 Å². The summed E-state index contributed by atoms with van der Waals surface area (Å²) in [6.45, 7) is 6.03. The summed E-state index contributed by atoms with van der Waals surface area (Å²) in [5.74, 6) is 0.658. The Labute approximate surface area is 117 Å². The van der Waals surface area contributed by atoms with Gasteiger partial charge < -0.3 is 5.32 Å². The fourth-order valence-corrected chi connectivity index (χ4v) is 4.21. The van der Waals surface area contributed by atoms with Gasteiger partial charge in [0.2, 0.25) is 0 Å². The zero-order chi connectivity index (χ0) is 14.5. The first-order valence-corrected chi connectivity index (χ1v) is 8.64. The van der Waals surface area contributed by atoms with E-state index in [4.69, 9.17) is 0 Å². The zero-order valence-corrected chi connectivity index (χ0v) is 13.1. The molecule has 1 aromatic carbocycles. The standard InChI is InChI=1S/C15H25NO2S/c1-5-12(2)10-19(17,18)11-15(16-4)14-8-6-7-13(3)9-14/h6-9,12,15-16H,5,10-11H2,1-4H3. The van der Waals surface area contributed by atoms with Crippen molar-refractivity contribution in [2.75, 3.05) is 18.6 Å². The Morgan fingerprint density at radius 2 is 1.95 bits per heavy atom. The highest BCUT2D eigenvalue weighted by Crippen LogP contribution is 2.18. The van der Waals surface area contributed by atoms with Crippen LogP contribution in [0.25, 0.3) is 0 Å². The molecule has 0 aliphatic rings. The van der Waals surface area contributed by atoms with Crippen molar-refractivity contribution >= 4 is 9.84 Å². The number of hydrogen-bond acceptors (Lipinski definition) is 3. The van der Waals surface area contributed by atoms with Crippen molar-refractivity contribution in [3.05, 3.63) is 35.4 Å². The highest BCUT2D eigenvalue weighted by atomic mass is 32.2. The van der Waals surface area contributed by atoms with Gasteiger partial charge in [0.1, 0.15) is 0 Å². The molecule has 0 aromatic heterocycles. The first kappa shape index (κ1) is 16.2. The average Bonchev–Trinajstić information content (AvgIpc) is 2.35. The van der Waals surface area contributed by atoms with E-state index < -0.39 is 9.84 Å². The third-order valence-electron chi connectivity index (χ3n) is 3.45. The van der Waals surface area contributed by atoms with Crippen molar-refractivity contribution in [3.63, 3.8) is 0 Å². The van der Waals surface area contributed by atoms with Gasteiger partial charge in [0.05, 0.1) is 11.5 Å². The largest absolute Gasteiger partial charge is 0.312 e. The van der Waals surface area contributed by atoms with Crippen LogP contribution in [0.3, 0.4) is 0 Å². The van der Waals surface area contributed by atoms with Gasteiger partial charge in [0.25, 0.3) is 0 Å². The lowest BCUT2D eigenvalue weighted by molar-refractivity contribution is 0.549. The number of rotatable bonds is 7. The van der Waals surface area contributed by atoms with Gasteiger partial charge in [-0.3, -0.25) is 0 Å². The van der Waals surface area contributed by atoms with E-state index in [9.17, 15) is 8.42 Å². The van der Waals surface area contributed by atoms with Crippen molar-refractivity contribution in [3.8, 4) is 0 Å². The molecule has 0 bridgehead atoms. The molecule has 0 radical (unpaired) electrons. The first-order valence-electron chi connectivity index (χ1n) is 6.82. The molecule has 0 spiro atoms. The molecule has 0 aliphatic heterocycles. The molecule has 1 N–H and O–H groups in total. The topological polar surface area (TPSA) is 46.2 Å². The van der Waals surface area contributed by atoms with Crippen LogP contribution in [0.5, 0.6) is 0 Å². The molecule has 0 aliphatic carbocycles. The monoisotopic (exact) mass is 283 g/mol. The average molecular weight is 283 g/mol. The molecular formula is C15H25NO2S. The second-order valence-corrected chi connectivity index (χ2v) is 7.50. The quantitative estimate of drug-likeness (QED) is 0.837. The van der Waals surface area contributed by atoms with Crippen LogP contribution < -0.4 is 5.32 Å². The van der Waals surface area contributed by atoms with Crippen molar-refractivity contribution < 1.29 is 8.42 Å². The molecular weight excluding hydrogens is 258 g/mol. The van der Waals surface area contributed by atoms with Crippen LogP contribution in [0.1, 0.15) is 37.4 Å². The molecule has 0 heterocycles. The second-order valence-electron chi connectivity index (χ2n) is 5.35. The van der Waals surface area contributed by atoms with Crippen LogP contribution in [-0.4, -0.2) is 27.0 Å². The summed E-state index contributed by atoms with van der Waals surface area (Å²) in [6.07, 6.45) is 0.897. The first-order chi connectivity index (χ1) is 8.88. The number of benzene rings is 1. The second kappa shape index (κ2) is 7.06. The molecule has 0 saturated heterocycles. The predicted molar refractivity (Wildman–Crippen MR) is 81.1 cm³/mol. The van der Waals surface area contributed by atoms with E-state index in [0.717, 1.165) is 17.5 Å². The minimum atomic E-state index is -3.03. The summed E-state index contributed by atoms with van der Waals surface area (Å²) in [7, 11) is -1.22. The highest BCUT2D eigenvalue weighted by Gasteiger charge is 2.21. The Morgan fingerprint density at radius 3 is 2.47 bits per heavy atom. The van der Waals surface area contributed by atoms with E-state index in [1.54, 1.807) is 0 Å². The van der Waals surface area contributed by atoms with E-state index in [1.807, 2.05) is 52.1 Å². The lowest BCUT2D eigenvalue weighted by atomic mass is 10.1. The molecule has 2 unspecified atom stereocenters. The molecule has 3 nitrogen and oxygen atoms in total. The Kier molecular flexibility index (Phi) is 6.01. The van der Waals surface area contributed by atoms with Crippen molar-refractivity contribution in [1.82, 2.24) is 5.32 Å². The van der Waals surface area contributed by atoms with Crippen LogP contribution in [0, 0.1) is 12.8 Å². The normalized spacial score (nSPS) is 15.2. The van der Waals surface area contributed by atoms with Gasteiger partial charge >= 0.3 is 0 Å². The number of aryl methyl sites for hydroxylation is 1. The molecule has 19 heavy (non-hydrogen) atoms. The maximum atomic E-state index is 12.2. The molecule has 0 fully saturated rings. The maximum absolute atomic E-state index is 12.2. The van der Waals surface area contributed by atoms with Gasteiger partial charge in [-0.05, 0) is 25.5 Å². The van der Waals surface area contributed by atoms with Crippen molar-refractivity contribution in [1.29, 1.82) is 0 Å². The molecule has 1 aromatic rings. The van der Waals surface area contributed by atoms with Gasteiger partial charge in [-0.25, -0.2) is 8.42 Å². The summed E-state index contributed by atoms with van der Waals surface area (Å²) in [6, 6.07) is 7.88. The van der Waals surface area contributed by atoms with Crippen LogP contribution >= 0.6 is 0 Å².